The predicted molar refractivity (Wildman–Crippen MR) is 103 cm³/mol. The molecule has 0 aromatic heterocycles. The fourth-order valence-corrected chi connectivity index (χ4v) is 3.89. The maximum Gasteiger partial charge on any atom is 0.332 e. The molecule has 1 aliphatic heterocycles. The third kappa shape index (κ3) is 3.35. The maximum atomic E-state index is 12.7. The molecule has 0 saturated carbocycles. The van der Waals surface area contributed by atoms with Gasteiger partial charge in [0, 0.05) is 22.4 Å². The van der Waals surface area contributed by atoms with Crippen molar-refractivity contribution in [1.82, 2.24) is 10.4 Å². The Morgan fingerprint density at radius 1 is 1.19 bits per heavy atom. The van der Waals surface area contributed by atoms with Gasteiger partial charge in [-0.3, -0.25) is 15.0 Å². The first-order chi connectivity index (χ1) is 12.9. The molecule has 0 spiro atoms. The molecule has 1 aliphatic rings. The Balaban J connectivity index is 1.97. The fraction of sp³-hybridized carbons (Fsp3) is 0.250. The number of carbonyl (C=O) groups excluding carboxylic acids is 2. The molecule has 27 heavy (non-hydrogen) atoms. The van der Waals surface area contributed by atoms with Crippen molar-refractivity contribution in [3.63, 3.8) is 0 Å². The van der Waals surface area contributed by atoms with Crippen LogP contribution in [0.3, 0.4) is 0 Å². The van der Waals surface area contributed by atoms with Crippen LogP contribution in [0.4, 0.5) is 0 Å². The minimum atomic E-state index is -1.54. The Labute approximate surface area is 165 Å². The summed E-state index contributed by atoms with van der Waals surface area (Å²) in [6.07, 6.45) is 0.180. The van der Waals surface area contributed by atoms with Gasteiger partial charge in [0.15, 0.2) is 5.54 Å². The largest absolute Gasteiger partial charge is 0.479 e. The average molecular weight is 431 g/mol. The van der Waals surface area contributed by atoms with E-state index >= 15 is 0 Å². The Kier molecular flexibility index (Phi) is 5.32. The number of hydrazine groups is 1. The van der Waals surface area contributed by atoms with Crippen molar-refractivity contribution in [2.24, 2.45) is 0 Å². The van der Waals surface area contributed by atoms with Crippen molar-refractivity contribution < 1.29 is 19.5 Å². The van der Waals surface area contributed by atoms with Gasteiger partial charge in [-0.2, -0.15) is 0 Å². The standard InChI is InChI=1S/C20H19BrN2O4/c1-2-20(19(26)27)16(13-6-4-3-5-7-13)12-17(24)23(20)22-18(25)14-8-10-15(21)11-9-14/h3-11,16H,2,12H2,1H3,(H,22,25)(H,26,27)/t16-,20+/m0/s1. The van der Waals surface area contributed by atoms with Gasteiger partial charge in [0.05, 0.1) is 0 Å². The Hall–Kier alpha value is -2.67. The van der Waals surface area contributed by atoms with Gasteiger partial charge in [-0.1, -0.05) is 53.2 Å². The van der Waals surface area contributed by atoms with E-state index in [1.165, 1.54) is 0 Å². The number of hydrogen-bond donors (Lipinski definition) is 2. The van der Waals surface area contributed by atoms with Crippen molar-refractivity contribution in [2.45, 2.75) is 31.2 Å². The highest BCUT2D eigenvalue weighted by Gasteiger charge is 2.58. The Bertz CT molecular complexity index is 869. The van der Waals surface area contributed by atoms with Crippen LogP contribution in [0.2, 0.25) is 0 Å². The molecule has 3 rings (SSSR count). The van der Waals surface area contributed by atoms with Crippen LogP contribution in [-0.2, 0) is 9.59 Å². The number of nitrogens with one attached hydrogen (secondary N) is 1. The lowest BCUT2D eigenvalue weighted by Crippen LogP contribution is -2.61. The lowest BCUT2D eigenvalue weighted by molar-refractivity contribution is -0.157. The minimum absolute atomic E-state index is 0.0186. The number of aliphatic carboxylic acids is 1. The number of halogens is 1. The summed E-state index contributed by atoms with van der Waals surface area (Å²) in [5, 5.41) is 11.1. The molecule has 2 aromatic carbocycles. The normalized spacial score (nSPS) is 21.9. The predicted octanol–water partition coefficient (Wildman–Crippen LogP) is 3.34. The van der Waals surface area contributed by atoms with E-state index in [9.17, 15) is 19.5 Å². The third-order valence-corrected chi connectivity index (χ3v) is 5.56. The lowest BCUT2D eigenvalue weighted by Gasteiger charge is -2.37. The molecule has 0 radical (unpaired) electrons. The van der Waals surface area contributed by atoms with E-state index in [2.05, 4.69) is 21.4 Å². The van der Waals surface area contributed by atoms with Crippen LogP contribution in [0.5, 0.6) is 0 Å². The number of nitrogens with zero attached hydrogens (tertiary/aromatic N) is 1. The summed E-state index contributed by atoms with van der Waals surface area (Å²) in [5.41, 5.74) is 2.10. The number of carboxylic acids is 1. The van der Waals surface area contributed by atoms with Gasteiger partial charge in [-0.05, 0) is 36.2 Å². The highest BCUT2D eigenvalue weighted by molar-refractivity contribution is 9.10. The second kappa shape index (κ2) is 7.52. The topological polar surface area (TPSA) is 86.7 Å². The lowest BCUT2D eigenvalue weighted by atomic mass is 9.78. The summed E-state index contributed by atoms with van der Waals surface area (Å²) in [6, 6.07) is 15.7. The van der Waals surface area contributed by atoms with Crippen LogP contribution in [0.25, 0.3) is 0 Å². The van der Waals surface area contributed by atoms with Crippen LogP contribution in [0.15, 0.2) is 59.1 Å². The zero-order chi connectivity index (χ0) is 19.6. The highest BCUT2D eigenvalue weighted by Crippen LogP contribution is 2.44. The van der Waals surface area contributed by atoms with Crippen molar-refractivity contribution in [2.75, 3.05) is 0 Å². The van der Waals surface area contributed by atoms with Crippen molar-refractivity contribution in [3.05, 3.63) is 70.2 Å². The van der Waals surface area contributed by atoms with E-state index in [1.54, 1.807) is 31.2 Å². The molecule has 6 nitrogen and oxygen atoms in total. The first-order valence-electron chi connectivity index (χ1n) is 8.58. The summed E-state index contributed by atoms with van der Waals surface area (Å²) >= 11 is 3.30. The van der Waals surface area contributed by atoms with Gasteiger partial charge >= 0.3 is 5.97 Å². The molecular weight excluding hydrogens is 412 g/mol. The monoisotopic (exact) mass is 430 g/mol. The average Bonchev–Trinajstić information content (AvgIpc) is 2.96. The van der Waals surface area contributed by atoms with Crippen molar-refractivity contribution in [3.8, 4) is 0 Å². The quantitative estimate of drug-likeness (QED) is 0.761. The summed E-state index contributed by atoms with van der Waals surface area (Å²) in [5.74, 6) is -2.64. The van der Waals surface area contributed by atoms with Gasteiger partial charge in [0.25, 0.3) is 5.91 Å². The number of hydrogen-bond acceptors (Lipinski definition) is 3. The molecule has 7 heteroatoms. The number of benzene rings is 2. The van der Waals surface area contributed by atoms with E-state index in [0.717, 1.165) is 15.0 Å². The van der Waals surface area contributed by atoms with Gasteiger partial charge in [0.1, 0.15) is 0 Å². The molecule has 2 amide bonds. The molecule has 0 aliphatic carbocycles. The van der Waals surface area contributed by atoms with Crippen LogP contribution in [0, 0.1) is 0 Å². The van der Waals surface area contributed by atoms with E-state index in [1.807, 2.05) is 30.3 Å². The molecule has 0 unspecified atom stereocenters. The summed E-state index contributed by atoms with van der Waals surface area (Å²) in [4.78, 5) is 37.6. The SMILES string of the molecule is CC[C@]1(C(=O)O)[C@H](c2ccccc2)CC(=O)N1NC(=O)c1ccc(Br)cc1. The molecule has 1 saturated heterocycles. The van der Waals surface area contributed by atoms with E-state index in [0.29, 0.717) is 5.56 Å². The van der Waals surface area contributed by atoms with Gasteiger partial charge in [-0.25, -0.2) is 9.80 Å². The number of carbonyl (C=O) groups is 3. The summed E-state index contributed by atoms with van der Waals surface area (Å²) in [6.45, 7) is 1.71. The second-order valence-corrected chi connectivity index (χ2v) is 7.34. The van der Waals surface area contributed by atoms with E-state index < -0.39 is 29.2 Å². The van der Waals surface area contributed by atoms with Crippen LogP contribution in [0.1, 0.15) is 41.6 Å². The molecule has 2 N–H and O–H groups in total. The molecular formula is C20H19BrN2O4. The maximum absolute atomic E-state index is 12.7. The first-order valence-corrected chi connectivity index (χ1v) is 9.37. The molecule has 2 aromatic rings. The Morgan fingerprint density at radius 3 is 2.37 bits per heavy atom. The number of rotatable bonds is 5. The van der Waals surface area contributed by atoms with Crippen LogP contribution >= 0.6 is 15.9 Å². The molecule has 1 heterocycles. The summed E-state index contributed by atoms with van der Waals surface area (Å²) in [7, 11) is 0. The van der Waals surface area contributed by atoms with E-state index in [-0.39, 0.29) is 12.8 Å². The van der Waals surface area contributed by atoms with Gasteiger partial charge in [-0.15, -0.1) is 0 Å². The second-order valence-electron chi connectivity index (χ2n) is 6.43. The van der Waals surface area contributed by atoms with Crippen LogP contribution in [-0.4, -0.2) is 33.4 Å². The third-order valence-electron chi connectivity index (χ3n) is 5.03. The summed E-state index contributed by atoms with van der Waals surface area (Å²) < 4.78 is 0.814. The smallest absolute Gasteiger partial charge is 0.332 e. The molecule has 140 valence electrons. The molecule has 2 atom stereocenters. The van der Waals surface area contributed by atoms with Crippen molar-refractivity contribution >= 4 is 33.7 Å². The molecule has 0 bridgehead atoms. The fourth-order valence-electron chi connectivity index (χ4n) is 3.62. The first kappa shape index (κ1) is 19.1. The minimum Gasteiger partial charge on any atom is -0.479 e. The number of amides is 2. The Morgan fingerprint density at radius 2 is 1.81 bits per heavy atom. The van der Waals surface area contributed by atoms with E-state index in [4.69, 9.17) is 0 Å². The van der Waals surface area contributed by atoms with Gasteiger partial charge < -0.3 is 5.11 Å². The van der Waals surface area contributed by atoms with Gasteiger partial charge in [0.2, 0.25) is 5.91 Å². The number of carboxylic acid groups (broad SMARTS) is 1. The highest BCUT2D eigenvalue weighted by atomic mass is 79.9. The van der Waals surface area contributed by atoms with Crippen molar-refractivity contribution in [1.29, 1.82) is 0 Å². The van der Waals surface area contributed by atoms with Crippen LogP contribution < -0.4 is 5.43 Å². The zero-order valence-corrected chi connectivity index (χ0v) is 16.3. The molecule has 1 fully saturated rings. The zero-order valence-electron chi connectivity index (χ0n) is 14.7.